The second-order valence-electron chi connectivity index (χ2n) is 4.02. The maximum absolute atomic E-state index is 6.05. The largest absolute Gasteiger partial charge is 0.497 e. The molecule has 2 rings (SSSR count). The number of anilines is 1. The monoisotopic (exact) mass is 274 g/mol. The zero-order valence-corrected chi connectivity index (χ0v) is 11.6. The van der Waals surface area contributed by atoms with E-state index < -0.39 is 0 Å². The Morgan fingerprint density at radius 2 is 1.95 bits per heavy atom. The van der Waals surface area contributed by atoms with Gasteiger partial charge in [0, 0.05) is 5.56 Å². The van der Waals surface area contributed by atoms with E-state index >= 15 is 0 Å². The van der Waals surface area contributed by atoms with Crippen LogP contribution in [0.25, 0.3) is 0 Å². The first-order valence-electron chi connectivity index (χ1n) is 5.90. The van der Waals surface area contributed by atoms with E-state index in [0.29, 0.717) is 5.02 Å². The summed E-state index contributed by atoms with van der Waals surface area (Å²) in [7, 11) is 1.65. The topological polar surface area (TPSA) is 33.6 Å². The predicted molar refractivity (Wildman–Crippen MR) is 80.3 cm³/mol. The van der Waals surface area contributed by atoms with Gasteiger partial charge >= 0.3 is 0 Å². The second-order valence-corrected chi connectivity index (χ2v) is 4.43. The van der Waals surface area contributed by atoms with Crippen LogP contribution in [0.3, 0.4) is 0 Å². The molecule has 2 aromatic carbocycles. The Hall–Kier alpha value is -2.00. The Bertz CT molecular complexity index is 596. The first-order valence-corrected chi connectivity index (χ1v) is 6.28. The Kier molecular flexibility index (Phi) is 4.42. The molecule has 0 aromatic heterocycles. The number of halogens is 1. The molecule has 19 heavy (non-hydrogen) atoms. The van der Waals surface area contributed by atoms with Crippen LogP contribution in [0.5, 0.6) is 5.75 Å². The van der Waals surface area contributed by atoms with Crippen molar-refractivity contribution >= 4 is 23.0 Å². The van der Waals surface area contributed by atoms with Crippen molar-refractivity contribution in [2.75, 3.05) is 12.5 Å². The maximum atomic E-state index is 6.05. The first kappa shape index (κ1) is 13.4. The fourth-order valence-electron chi connectivity index (χ4n) is 1.61. The summed E-state index contributed by atoms with van der Waals surface area (Å²) in [4.78, 5) is 0. The summed E-state index contributed by atoms with van der Waals surface area (Å²) in [5.41, 5.74) is 5.61. The van der Waals surface area contributed by atoms with Gasteiger partial charge < -0.3 is 4.74 Å². The molecule has 98 valence electrons. The number of para-hydroxylation sites is 1. The van der Waals surface area contributed by atoms with E-state index in [9.17, 15) is 0 Å². The number of benzene rings is 2. The Balaban J connectivity index is 2.17. The average molecular weight is 275 g/mol. The lowest BCUT2D eigenvalue weighted by atomic mass is 10.1. The molecular weight excluding hydrogens is 260 g/mol. The standard InChI is InChI=1S/C15H15ClN2O/c1-11(12-6-5-7-13(10-12)19-2)17-18-15-9-4-3-8-14(15)16/h3-10,18H,1-2H3/b17-11+. The van der Waals surface area contributed by atoms with Gasteiger partial charge in [0.2, 0.25) is 0 Å². The molecule has 4 heteroatoms. The van der Waals surface area contributed by atoms with Crippen LogP contribution in [0.1, 0.15) is 12.5 Å². The number of nitrogens with zero attached hydrogens (tertiary/aromatic N) is 1. The number of rotatable bonds is 4. The van der Waals surface area contributed by atoms with Crippen molar-refractivity contribution in [1.29, 1.82) is 0 Å². The number of nitrogens with one attached hydrogen (secondary N) is 1. The average Bonchev–Trinajstić information content (AvgIpc) is 2.46. The van der Waals surface area contributed by atoms with Gasteiger partial charge in [-0.2, -0.15) is 5.10 Å². The smallest absolute Gasteiger partial charge is 0.119 e. The van der Waals surface area contributed by atoms with Gasteiger partial charge in [0.15, 0.2) is 0 Å². The highest BCUT2D eigenvalue weighted by atomic mass is 35.5. The van der Waals surface area contributed by atoms with E-state index in [1.807, 2.05) is 55.5 Å². The van der Waals surface area contributed by atoms with Crippen molar-refractivity contribution in [3.63, 3.8) is 0 Å². The van der Waals surface area contributed by atoms with E-state index in [1.165, 1.54) is 0 Å². The van der Waals surface area contributed by atoms with Crippen molar-refractivity contribution in [1.82, 2.24) is 0 Å². The van der Waals surface area contributed by atoms with Crippen LogP contribution in [0, 0.1) is 0 Å². The van der Waals surface area contributed by atoms with Gasteiger partial charge in [0.25, 0.3) is 0 Å². The van der Waals surface area contributed by atoms with Crippen molar-refractivity contribution in [2.45, 2.75) is 6.92 Å². The summed E-state index contributed by atoms with van der Waals surface area (Å²) in [5.74, 6) is 0.810. The molecule has 0 bridgehead atoms. The molecule has 0 saturated carbocycles. The van der Waals surface area contributed by atoms with Gasteiger partial charge in [-0.25, -0.2) is 0 Å². The number of methoxy groups -OCH3 is 1. The third kappa shape index (κ3) is 3.48. The minimum Gasteiger partial charge on any atom is -0.497 e. The highest BCUT2D eigenvalue weighted by molar-refractivity contribution is 6.33. The SMILES string of the molecule is COc1cccc(/C(C)=N/Nc2ccccc2Cl)c1. The Morgan fingerprint density at radius 1 is 1.16 bits per heavy atom. The zero-order chi connectivity index (χ0) is 13.7. The molecule has 0 aliphatic rings. The molecule has 0 unspecified atom stereocenters. The van der Waals surface area contributed by atoms with E-state index in [4.69, 9.17) is 16.3 Å². The summed E-state index contributed by atoms with van der Waals surface area (Å²) < 4.78 is 5.19. The van der Waals surface area contributed by atoms with E-state index in [2.05, 4.69) is 10.5 Å². The highest BCUT2D eigenvalue weighted by Gasteiger charge is 2.01. The Labute approximate surface area is 117 Å². The van der Waals surface area contributed by atoms with Crippen molar-refractivity contribution in [3.8, 4) is 5.75 Å². The van der Waals surface area contributed by atoms with Gasteiger partial charge in [-0.15, -0.1) is 0 Å². The quantitative estimate of drug-likeness (QED) is 0.670. The van der Waals surface area contributed by atoms with Crippen LogP contribution < -0.4 is 10.2 Å². The molecule has 3 nitrogen and oxygen atoms in total. The summed E-state index contributed by atoms with van der Waals surface area (Å²) >= 11 is 6.05. The number of ether oxygens (including phenoxy) is 1. The van der Waals surface area contributed by atoms with E-state index in [-0.39, 0.29) is 0 Å². The molecule has 0 spiro atoms. The van der Waals surface area contributed by atoms with E-state index in [0.717, 1.165) is 22.7 Å². The zero-order valence-electron chi connectivity index (χ0n) is 10.9. The molecule has 0 atom stereocenters. The summed E-state index contributed by atoms with van der Waals surface area (Å²) in [6, 6.07) is 15.2. The Morgan fingerprint density at radius 3 is 2.68 bits per heavy atom. The highest BCUT2D eigenvalue weighted by Crippen LogP contribution is 2.20. The molecular formula is C15H15ClN2O. The van der Waals surface area contributed by atoms with Crippen molar-refractivity contribution in [2.24, 2.45) is 5.10 Å². The molecule has 0 saturated heterocycles. The molecule has 0 aliphatic carbocycles. The lowest BCUT2D eigenvalue weighted by Gasteiger charge is -2.06. The summed E-state index contributed by atoms with van der Waals surface area (Å²) in [6.07, 6.45) is 0. The number of hydrazone groups is 1. The van der Waals surface area contributed by atoms with Gasteiger partial charge in [-0.1, -0.05) is 35.9 Å². The fraction of sp³-hybridized carbons (Fsp3) is 0.133. The fourth-order valence-corrected chi connectivity index (χ4v) is 1.79. The summed E-state index contributed by atoms with van der Waals surface area (Å²) in [5, 5.41) is 4.97. The van der Waals surface area contributed by atoms with E-state index in [1.54, 1.807) is 7.11 Å². The van der Waals surface area contributed by atoms with Crippen LogP contribution in [0.15, 0.2) is 53.6 Å². The normalized spacial score (nSPS) is 11.2. The van der Waals surface area contributed by atoms with Crippen LogP contribution in [0.2, 0.25) is 5.02 Å². The van der Waals surface area contributed by atoms with Gasteiger partial charge in [-0.3, -0.25) is 5.43 Å². The molecule has 2 aromatic rings. The minimum atomic E-state index is 0.643. The van der Waals surface area contributed by atoms with Crippen molar-refractivity contribution < 1.29 is 4.74 Å². The lowest BCUT2D eigenvalue weighted by molar-refractivity contribution is 0.414. The van der Waals surface area contributed by atoms with Crippen LogP contribution in [-0.2, 0) is 0 Å². The first-order chi connectivity index (χ1) is 9.20. The third-order valence-corrected chi connectivity index (χ3v) is 3.04. The van der Waals surface area contributed by atoms with Gasteiger partial charge in [-0.05, 0) is 31.2 Å². The predicted octanol–water partition coefficient (Wildman–Crippen LogP) is 4.18. The molecule has 0 heterocycles. The van der Waals surface area contributed by atoms with Gasteiger partial charge in [0.1, 0.15) is 5.75 Å². The lowest BCUT2D eigenvalue weighted by Crippen LogP contribution is -2.00. The number of hydrogen-bond donors (Lipinski definition) is 1. The van der Waals surface area contributed by atoms with Crippen molar-refractivity contribution in [3.05, 3.63) is 59.1 Å². The number of hydrogen-bond acceptors (Lipinski definition) is 3. The molecule has 0 amide bonds. The molecule has 0 radical (unpaired) electrons. The summed E-state index contributed by atoms with van der Waals surface area (Å²) in [6.45, 7) is 1.93. The third-order valence-electron chi connectivity index (χ3n) is 2.71. The molecule has 1 N–H and O–H groups in total. The second kappa shape index (κ2) is 6.25. The van der Waals surface area contributed by atoms with Crippen LogP contribution in [0.4, 0.5) is 5.69 Å². The maximum Gasteiger partial charge on any atom is 0.119 e. The minimum absolute atomic E-state index is 0.643. The van der Waals surface area contributed by atoms with Gasteiger partial charge in [0.05, 0.1) is 23.5 Å². The van der Waals surface area contributed by atoms with Crippen LogP contribution in [-0.4, -0.2) is 12.8 Å². The molecule has 0 fully saturated rings. The molecule has 0 aliphatic heterocycles. The van der Waals surface area contributed by atoms with Crippen LogP contribution >= 0.6 is 11.6 Å².